The zero-order valence-corrected chi connectivity index (χ0v) is 11.6. The molecule has 19 heavy (non-hydrogen) atoms. The van der Waals surface area contributed by atoms with E-state index in [0.29, 0.717) is 17.0 Å². The van der Waals surface area contributed by atoms with Crippen molar-refractivity contribution in [3.63, 3.8) is 0 Å². The van der Waals surface area contributed by atoms with Gasteiger partial charge in [0.25, 0.3) is 11.8 Å². The van der Waals surface area contributed by atoms with Gasteiger partial charge in [0, 0.05) is 18.2 Å². The second-order valence-electron chi connectivity index (χ2n) is 5.63. The summed E-state index contributed by atoms with van der Waals surface area (Å²) < 4.78 is 5.32. The van der Waals surface area contributed by atoms with E-state index in [1.54, 1.807) is 25.2 Å². The third-order valence-electron chi connectivity index (χ3n) is 2.80. The van der Waals surface area contributed by atoms with Crippen molar-refractivity contribution < 1.29 is 14.3 Å². The molecule has 2 rings (SSSR count). The van der Waals surface area contributed by atoms with Crippen LogP contribution < -0.4 is 15.0 Å². The lowest BCUT2D eigenvalue weighted by Gasteiger charge is -2.27. The second kappa shape index (κ2) is 4.57. The number of fused-ring (bicyclic) bond motifs is 1. The molecule has 0 saturated carbocycles. The van der Waals surface area contributed by atoms with Crippen LogP contribution in [0.4, 0.5) is 5.69 Å². The largest absolute Gasteiger partial charge is 0.482 e. The SMILES string of the molecule is CN1C(=O)COc2ccc(C(=O)NC(C)(C)C)cc21. The molecule has 2 amide bonds. The number of carbonyl (C=O) groups excluding carboxylic acids is 2. The molecule has 0 unspecified atom stereocenters. The van der Waals surface area contributed by atoms with Crippen LogP contribution in [0.3, 0.4) is 0 Å². The van der Waals surface area contributed by atoms with Crippen molar-refractivity contribution >= 4 is 17.5 Å². The van der Waals surface area contributed by atoms with Crippen LogP contribution in [-0.2, 0) is 4.79 Å². The monoisotopic (exact) mass is 262 g/mol. The fraction of sp³-hybridized carbons (Fsp3) is 0.429. The Balaban J connectivity index is 2.30. The van der Waals surface area contributed by atoms with Crippen molar-refractivity contribution in [1.29, 1.82) is 0 Å². The summed E-state index contributed by atoms with van der Waals surface area (Å²) in [7, 11) is 1.68. The first-order chi connectivity index (χ1) is 8.78. The van der Waals surface area contributed by atoms with E-state index in [1.807, 2.05) is 20.8 Å². The summed E-state index contributed by atoms with van der Waals surface area (Å²) in [5, 5.41) is 2.89. The Morgan fingerprint density at radius 3 is 2.68 bits per heavy atom. The predicted molar refractivity (Wildman–Crippen MR) is 72.6 cm³/mol. The zero-order chi connectivity index (χ0) is 14.2. The number of likely N-dealkylation sites (N-methyl/N-ethyl adjacent to an activating group) is 1. The minimum atomic E-state index is -0.300. The third-order valence-corrected chi connectivity index (χ3v) is 2.80. The number of rotatable bonds is 1. The number of carbonyl (C=O) groups is 2. The number of benzene rings is 1. The average Bonchev–Trinajstić information content (AvgIpc) is 2.31. The zero-order valence-electron chi connectivity index (χ0n) is 11.6. The summed E-state index contributed by atoms with van der Waals surface area (Å²) in [6.07, 6.45) is 0. The highest BCUT2D eigenvalue weighted by Crippen LogP contribution is 2.31. The van der Waals surface area contributed by atoms with Crippen molar-refractivity contribution in [2.24, 2.45) is 0 Å². The quantitative estimate of drug-likeness (QED) is 0.835. The number of hydrogen-bond acceptors (Lipinski definition) is 3. The minimum absolute atomic E-state index is 0.0387. The van der Waals surface area contributed by atoms with Crippen LogP contribution in [0.25, 0.3) is 0 Å². The topological polar surface area (TPSA) is 58.6 Å². The fourth-order valence-electron chi connectivity index (χ4n) is 1.83. The molecule has 1 aliphatic heterocycles. The van der Waals surface area contributed by atoms with Crippen LogP contribution in [-0.4, -0.2) is 31.0 Å². The summed E-state index contributed by atoms with van der Waals surface area (Å²) in [5.74, 6) is 0.331. The molecule has 0 saturated heterocycles. The standard InChI is InChI=1S/C14H18N2O3/c1-14(2,3)15-13(18)9-5-6-11-10(7-9)16(4)12(17)8-19-11/h5-7H,8H2,1-4H3,(H,15,18). The lowest BCUT2D eigenvalue weighted by atomic mass is 10.1. The van der Waals surface area contributed by atoms with E-state index >= 15 is 0 Å². The smallest absolute Gasteiger partial charge is 0.264 e. The van der Waals surface area contributed by atoms with Crippen molar-refractivity contribution in [3.8, 4) is 5.75 Å². The highest BCUT2D eigenvalue weighted by atomic mass is 16.5. The van der Waals surface area contributed by atoms with Gasteiger partial charge in [0.15, 0.2) is 6.61 Å². The van der Waals surface area contributed by atoms with E-state index in [9.17, 15) is 9.59 Å². The molecule has 0 bridgehead atoms. The number of nitrogens with one attached hydrogen (secondary N) is 1. The van der Waals surface area contributed by atoms with Crippen molar-refractivity contribution in [1.82, 2.24) is 5.32 Å². The third kappa shape index (κ3) is 2.86. The Morgan fingerprint density at radius 2 is 2.05 bits per heavy atom. The maximum atomic E-state index is 12.1. The van der Waals surface area contributed by atoms with Gasteiger partial charge < -0.3 is 15.0 Å². The van der Waals surface area contributed by atoms with E-state index in [2.05, 4.69) is 5.32 Å². The van der Waals surface area contributed by atoms with Crippen molar-refractivity contribution in [2.75, 3.05) is 18.6 Å². The van der Waals surface area contributed by atoms with Gasteiger partial charge in [-0.05, 0) is 39.0 Å². The number of anilines is 1. The molecule has 1 aliphatic rings. The number of ether oxygens (including phenoxy) is 1. The average molecular weight is 262 g/mol. The van der Waals surface area contributed by atoms with Gasteiger partial charge in [0.1, 0.15) is 5.75 Å². The highest BCUT2D eigenvalue weighted by molar-refractivity contribution is 6.01. The molecule has 0 aromatic heterocycles. The molecular weight excluding hydrogens is 244 g/mol. The van der Waals surface area contributed by atoms with Crippen LogP contribution in [0.15, 0.2) is 18.2 Å². The van der Waals surface area contributed by atoms with Gasteiger partial charge in [-0.2, -0.15) is 0 Å². The van der Waals surface area contributed by atoms with Crippen LogP contribution in [0, 0.1) is 0 Å². The molecule has 0 spiro atoms. The van der Waals surface area contributed by atoms with Gasteiger partial charge in [-0.1, -0.05) is 0 Å². The normalized spacial score (nSPS) is 14.7. The molecule has 1 aromatic carbocycles. The lowest BCUT2D eigenvalue weighted by Crippen LogP contribution is -2.41. The first-order valence-corrected chi connectivity index (χ1v) is 6.14. The van der Waals surface area contributed by atoms with Gasteiger partial charge >= 0.3 is 0 Å². The molecule has 1 N–H and O–H groups in total. The number of amides is 2. The van der Waals surface area contributed by atoms with Crippen LogP contribution in [0.5, 0.6) is 5.75 Å². The first kappa shape index (κ1) is 13.4. The Morgan fingerprint density at radius 1 is 1.37 bits per heavy atom. The summed E-state index contributed by atoms with van der Waals surface area (Å²) in [6.45, 7) is 5.79. The molecule has 0 aliphatic carbocycles. The van der Waals surface area contributed by atoms with Crippen LogP contribution in [0.2, 0.25) is 0 Å². The Hall–Kier alpha value is -2.04. The van der Waals surface area contributed by atoms with Gasteiger partial charge in [-0.15, -0.1) is 0 Å². The second-order valence-corrected chi connectivity index (χ2v) is 5.63. The molecule has 0 fully saturated rings. The number of nitrogens with zero attached hydrogens (tertiary/aromatic N) is 1. The van der Waals surface area contributed by atoms with Crippen molar-refractivity contribution in [2.45, 2.75) is 26.3 Å². The Bertz CT molecular complexity index is 532. The highest BCUT2D eigenvalue weighted by Gasteiger charge is 2.24. The molecule has 5 nitrogen and oxygen atoms in total. The summed E-state index contributed by atoms with van der Waals surface area (Å²) in [6, 6.07) is 5.09. The summed E-state index contributed by atoms with van der Waals surface area (Å²) in [4.78, 5) is 25.2. The molecule has 5 heteroatoms. The lowest BCUT2D eigenvalue weighted by molar-refractivity contribution is -0.120. The van der Waals surface area contributed by atoms with Crippen molar-refractivity contribution in [3.05, 3.63) is 23.8 Å². The minimum Gasteiger partial charge on any atom is -0.482 e. The van der Waals surface area contributed by atoms with Crippen LogP contribution >= 0.6 is 0 Å². The molecule has 1 aromatic rings. The Labute approximate surface area is 112 Å². The molecule has 0 radical (unpaired) electrons. The van der Waals surface area contributed by atoms with Gasteiger partial charge in [-0.3, -0.25) is 9.59 Å². The Kier molecular flexibility index (Phi) is 3.22. The van der Waals surface area contributed by atoms with E-state index in [4.69, 9.17) is 4.74 Å². The molecule has 102 valence electrons. The fourth-order valence-corrected chi connectivity index (χ4v) is 1.83. The predicted octanol–water partition coefficient (Wildman–Crippen LogP) is 1.57. The maximum Gasteiger partial charge on any atom is 0.264 e. The molecule has 1 heterocycles. The molecule has 0 atom stereocenters. The van der Waals surface area contributed by atoms with E-state index < -0.39 is 0 Å². The number of hydrogen-bond donors (Lipinski definition) is 1. The van der Waals surface area contributed by atoms with Gasteiger partial charge in [0.2, 0.25) is 0 Å². The van der Waals surface area contributed by atoms with E-state index in [-0.39, 0.29) is 24.0 Å². The summed E-state index contributed by atoms with van der Waals surface area (Å²) in [5.41, 5.74) is 0.835. The van der Waals surface area contributed by atoms with Gasteiger partial charge in [-0.25, -0.2) is 0 Å². The van der Waals surface area contributed by atoms with E-state index in [0.717, 1.165) is 0 Å². The summed E-state index contributed by atoms with van der Waals surface area (Å²) >= 11 is 0. The molecular formula is C14H18N2O3. The van der Waals surface area contributed by atoms with Crippen LogP contribution in [0.1, 0.15) is 31.1 Å². The maximum absolute atomic E-state index is 12.1. The first-order valence-electron chi connectivity index (χ1n) is 6.14. The van der Waals surface area contributed by atoms with E-state index in [1.165, 1.54) is 4.90 Å². The van der Waals surface area contributed by atoms with Gasteiger partial charge in [0.05, 0.1) is 5.69 Å².